The predicted octanol–water partition coefficient (Wildman–Crippen LogP) is 4.10. The smallest absolute Gasteiger partial charge is 0.336 e. The largest absolute Gasteiger partial charge is 0.478 e. The van der Waals surface area contributed by atoms with Crippen LogP contribution in [0.5, 0.6) is 0 Å². The number of piperidine rings is 1. The van der Waals surface area contributed by atoms with Gasteiger partial charge in [-0.05, 0) is 29.3 Å². The highest BCUT2D eigenvalue weighted by Crippen LogP contribution is 2.28. The number of benzene rings is 1. The van der Waals surface area contributed by atoms with E-state index >= 15 is 0 Å². The van der Waals surface area contributed by atoms with Crippen molar-refractivity contribution in [3.8, 4) is 11.1 Å². The summed E-state index contributed by atoms with van der Waals surface area (Å²) >= 11 is 0. The summed E-state index contributed by atoms with van der Waals surface area (Å²) in [6.45, 7) is 1.75. The van der Waals surface area contributed by atoms with Crippen LogP contribution in [0.15, 0.2) is 48.9 Å². The first kappa shape index (κ1) is 22.0. The van der Waals surface area contributed by atoms with E-state index in [4.69, 9.17) is 0 Å². The number of hydrogen-bond acceptors (Lipinski definition) is 4. The van der Waals surface area contributed by atoms with Gasteiger partial charge in [0.25, 0.3) is 5.92 Å². The lowest BCUT2D eigenvalue weighted by molar-refractivity contribution is -0.0555. The zero-order valence-electron chi connectivity index (χ0n) is 17.3. The number of aromatic nitrogens is 3. The number of carboxylic acids is 1. The molecule has 3 aromatic rings. The van der Waals surface area contributed by atoms with Gasteiger partial charge in [0, 0.05) is 63.1 Å². The molecule has 0 unspecified atom stereocenters. The first-order valence-corrected chi connectivity index (χ1v) is 10.4. The van der Waals surface area contributed by atoms with E-state index in [1.54, 1.807) is 16.8 Å². The van der Waals surface area contributed by atoms with Crippen molar-refractivity contribution in [3.63, 3.8) is 0 Å². The summed E-state index contributed by atoms with van der Waals surface area (Å²) in [6, 6.07) is 7.45. The molecule has 0 atom stereocenters. The van der Waals surface area contributed by atoms with Gasteiger partial charge < -0.3 is 10.0 Å². The van der Waals surface area contributed by atoms with E-state index in [1.165, 1.54) is 30.6 Å². The molecule has 32 heavy (non-hydrogen) atoms. The summed E-state index contributed by atoms with van der Waals surface area (Å²) in [5.74, 6) is -3.99. The Morgan fingerprint density at radius 2 is 1.81 bits per heavy atom. The number of hydrogen-bond donors (Lipinski definition) is 1. The molecule has 1 aliphatic heterocycles. The summed E-state index contributed by atoms with van der Waals surface area (Å²) in [4.78, 5) is 17.6. The van der Waals surface area contributed by atoms with Gasteiger partial charge in [-0.1, -0.05) is 12.1 Å². The van der Waals surface area contributed by atoms with Crippen molar-refractivity contribution in [3.05, 3.63) is 71.6 Å². The van der Waals surface area contributed by atoms with Crippen LogP contribution in [0.4, 0.5) is 13.2 Å². The Bertz CT molecular complexity index is 1090. The molecular weight excluding hydrogens is 421 g/mol. The van der Waals surface area contributed by atoms with Crippen LogP contribution >= 0.6 is 0 Å². The Balaban J connectivity index is 1.58. The van der Waals surface area contributed by atoms with Gasteiger partial charge in [-0.3, -0.25) is 9.67 Å². The Morgan fingerprint density at radius 3 is 2.50 bits per heavy atom. The average molecular weight is 444 g/mol. The quantitative estimate of drug-likeness (QED) is 0.594. The fourth-order valence-corrected chi connectivity index (χ4v) is 3.88. The molecule has 3 heterocycles. The first-order valence-electron chi connectivity index (χ1n) is 10.4. The molecule has 0 amide bonds. The zero-order chi connectivity index (χ0) is 22.7. The van der Waals surface area contributed by atoms with Gasteiger partial charge in [0.15, 0.2) is 0 Å². The monoisotopic (exact) mass is 444 g/mol. The van der Waals surface area contributed by atoms with Gasteiger partial charge in [-0.15, -0.1) is 0 Å². The summed E-state index contributed by atoms with van der Waals surface area (Å²) in [5.41, 5.74) is 2.82. The van der Waals surface area contributed by atoms with Crippen LogP contribution in [-0.2, 0) is 13.0 Å². The number of rotatable bonds is 7. The fourth-order valence-electron chi connectivity index (χ4n) is 3.88. The lowest BCUT2D eigenvalue weighted by Crippen LogP contribution is -2.40. The molecule has 1 aromatic carbocycles. The molecule has 4 rings (SSSR count). The Morgan fingerprint density at radius 1 is 1.09 bits per heavy atom. The highest BCUT2D eigenvalue weighted by atomic mass is 19.3. The van der Waals surface area contributed by atoms with Crippen LogP contribution < -0.4 is 0 Å². The van der Waals surface area contributed by atoms with Crippen LogP contribution in [0.3, 0.4) is 0 Å². The van der Waals surface area contributed by atoms with Crippen LogP contribution in [-0.4, -0.2) is 56.3 Å². The molecule has 2 aromatic heterocycles. The predicted molar refractivity (Wildman–Crippen MR) is 112 cm³/mol. The van der Waals surface area contributed by atoms with Gasteiger partial charge >= 0.3 is 5.97 Å². The zero-order valence-corrected chi connectivity index (χ0v) is 17.3. The maximum absolute atomic E-state index is 13.4. The fraction of sp³-hybridized carbons (Fsp3) is 0.348. The normalized spacial score (nSPS) is 16.2. The second kappa shape index (κ2) is 9.12. The molecule has 0 spiro atoms. The van der Waals surface area contributed by atoms with Gasteiger partial charge in [0.05, 0.1) is 17.8 Å². The standard InChI is InChI=1S/C23H23F3N4O2/c24-18-3-1-16(2-4-18)20-15-30(12-11-29-9-6-23(25,26)7-10-29)28-21(20)13-17-14-27-8-5-19(17)22(31)32/h1-5,8,14-15H,6-7,9-13H2,(H,31,32). The second-order valence-electron chi connectivity index (χ2n) is 7.97. The molecule has 9 heteroatoms. The molecule has 0 radical (unpaired) electrons. The molecule has 1 N–H and O–H groups in total. The topological polar surface area (TPSA) is 71.2 Å². The number of aromatic carboxylic acids is 1. The van der Waals surface area contributed by atoms with Crippen molar-refractivity contribution in [2.24, 2.45) is 0 Å². The van der Waals surface area contributed by atoms with E-state index in [9.17, 15) is 23.1 Å². The van der Waals surface area contributed by atoms with Gasteiger partial charge in [0.2, 0.25) is 0 Å². The molecule has 0 aliphatic carbocycles. The summed E-state index contributed by atoms with van der Waals surface area (Å²) in [7, 11) is 0. The SMILES string of the molecule is O=C(O)c1ccncc1Cc1nn(CCN2CCC(F)(F)CC2)cc1-c1ccc(F)cc1. The van der Waals surface area contributed by atoms with Crippen molar-refractivity contribution < 1.29 is 23.1 Å². The number of pyridine rings is 1. The van der Waals surface area contributed by atoms with Gasteiger partial charge in [-0.25, -0.2) is 18.0 Å². The third-order valence-electron chi connectivity index (χ3n) is 5.72. The van der Waals surface area contributed by atoms with E-state index in [0.29, 0.717) is 37.4 Å². The van der Waals surface area contributed by atoms with Gasteiger partial charge in [0.1, 0.15) is 5.82 Å². The second-order valence-corrected chi connectivity index (χ2v) is 7.97. The van der Waals surface area contributed by atoms with Gasteiger partial charge in [-0.2, -0.15) is 5.10 Å². The minimum atomic E-state index is -2.59. The van der Waals surface area contributed by atoms with Crippen LogP contribution in [0.25, 0.3) is 11.1 Å². The van der Waals surface area contributed by atoms with Crippen LogP contribution in [0.1, 0.15) is 34.5 Å². The van der Waals surface area contributed by atoms with Crippen molar-refractivity contribution in [2.75, 3.05) is 19.6 Å². The summed E-state index contributed by atoms with van der Waals surface area (Å²) in [5, 5.41) is 14.1. The van der Waals surface area contributed by atoms with Crippen LogP contribution in [0, 0.1) is 5.82 Å². The van der Waals surface area contributed by atoms with Crippen molar-refractivity contribution >= 4 is 5.97 Å². The molecule has 0 saturated carbocycles. The third kappa shape index (κ3) is 5.16. The molecule has 168 valence electrons. The van der Waals surface area contributed by atoms with E-state index < -0.39 is 11.9 Å². The van der Waals surface area contributed by atoms with E-state index in [0.717, 1.165) is 11.1 Å². The minimum absolute atomic E-state index is 0.142. The molecule has 0 bridgehead atoms. The molecule has 1 aliphatic rings. The molecule has 1 saturated heterocycles. The Labute approximate surface area is 183 Å². The summed E-state index contributed by atoms with van der Waals surface area (Å²) < 4.78 is 41.9. The molecular formula is C23H23F3N4O2. The Kier molecular flexibility index (Phi) is 6.27. The lowest BCUT2D eigenvalue weighted by Gasteiger charge is -2.31. The molecule has 1 fully saturated rings. The van der Waals surface area contributed by atoms with Crippen molar-refractivity contribution in [2.45, 2.75) is 31.7 Å². The van der Waals surface area contributed by atoms with E-state index in [1.807, 2.05) is 11.1 Å². The lowest BCUT2D eigenvalue weighted by atomic mass is 10.00. The van der Waals surface area contributed by atoms with Crippen LogP contribution in [0.2, 0.25) is 0 Å². The van der Waals surface area contributed by atoms with Crippen molar-refractivity contribution in [1.29, 1.82) is 0 Å². The van der Waals surface area contributed by atoms with Crippen molar-refractivity contribution in [1.82, 2.24) is 19.7 Å². The van der Waals surface area contributed by atoms with E-state index in [2.05, 4.69) is 10.1 Å². The number of halogens is 3. The highest BCUT2D eigenvalue weighted by Gasteiger charge is 2.33. The highest BCUT2D eigenvalue weighted by molar-refractivity contribution is 5.89. The number of alkyl halides is 2. The molecule has 6 nitrogen and oxygen atoms in total. The third-order valence-corrected chi connectivity index (χ3v) is 5.72. The minimum Gasteiger partial charge on any atom is -0.478 e. The number of nitrogens with zero attached hydrogens (tertiary/aromatic N) is 4. The maximum Gasteiger partial charge on any atom is 0.336 e. The Hall–Kier alpha value is -3.20. The number of carbonyl (C=O) groups is 1. The average Bonchev–Trinajstić information content (AvgIpc) is 3.16. The number of carboxylic acid groups (broad SMARTS) is 1. The first-order chi connectivity index (χ1) is 15.3. The maximum atomic E-state index is 13.4. The van der Waals surface area contributed by atoms with E-state index in [-0.39, 0.29) is 30.6 Å². The number of likely N-dealkylation sites (tertiary alicyclic amines) is 1. The summed E-state index contributed by atoms with van der Waals surface area (Å²) in [6.07, 6.45) is 4.72.